The quantitative estimate of drug-likeness (QED) is 0.743. The first-order valence-corrected chi connectivity index (χ1v) is 9.14. The zero-order valence-corrected chi connectivity index (χ0v) is 15.7. The van der Waals surface area contributed by atoms with Crippen LogP contribution >= 0.6 is 12.4 Å². The number of rotatable bonds is 5. The van der Waals surface area contributed by atoms with Crippen molar-refractivity contribution in [1.29, 1.82) is 0 Å². The van der Waals surface area contributed by atoms with Crippen molar-refractivity contribution in [3.8, 4) is 0 Å². The van der Waals surface area contributed by atoms with Gasteiger partial charge in [0.15, 0.2) is 0 Å². The van der Waals surface area contributed by atoms with E-state index in [2.05, 4.69) is 4.90 Å². The van der Waals surface area contributed by atoms with Crippen LogP contribution < -0.4 is 0 Å². The summed E-state index contributed by atoms with van der Waals surface area (Å²) in [7, 11) is 0. The predicted molar refractivity (Wildman–Crippen MR) is 96.8 cm³/mol. The van der Waals surface area contributed by atoms with E-state index in [1.165, 1.54) is 12.5 Å². The molecule has 0 aromatic heterocycles. The maximum Gasteiger partial charge on any atom is 0.416 e. The summed E-state index contributed by atoms with van der Waals surface area (Å²) in [6.45, 7) is 3.67. The lowest BCUT2D eigenvalue weighted by Crippen LogP contribution is -2.51. The fraction of sp³-hybridized carbons (Fsp3) is 0.684. The van der Waals surface area contributed by atoms with E-state index in [0.717, 1.165) is 51.6 Å². The Labute approximate surface area is 159 Å². The molecule has 1 aromatic rings. The second-order valence-corrected chi connectivity index (χ2v) is 6.81. The summed E-state index contributed by atoms with van der Waals surface area (Å²) in [5.41, 5.74) is -0.235. The molecule has 0 N–H and O–H groups in total. The number of hydrogen-bond acceptors (Lipinski definition) is 3. The van der Waals surface area contributed by atoms with Crippen molar-refractivity contribution < 1.29 is 22.6 Å². The molecule has 1 heterocycles. The van der Waals surface area contributed by atoms with Crippen LogP contribution in [-0.4, -0.2) is 50.0 Å². The number of nitrogens with zero attached hydrogens (tertiary/aromatic N) is 1. The van der Waals surface area contributed by atoms with Crippen molar-refractivity contribution in [2.24, 2.45) is 0 Å². The van der Waals surface area contributed by atoms with Gasteiger partial charge in [-0.2, -0.15) is 13.2 Å². The van der Waals surface area contributed by atoms with Gasteiger partial charge in [-0.15, -0.1) is 12.4 Å². The fourth-order valence-electron chi connectivity index (χ4n) is 3.93. The third-order valence-corrected chi connectivity index (χ3v) is 5.21. The first kappa shape index (κ1) is 21.5. The van der Waals surface area contributed by atoms with E-state index in [1.807, 2.05) is 0 Å². The standard InChI is InChI=1S/C19H26F3NO2.ClH/c20-19(21,22)16-6-2-1-5-15(16)9-12-25-18-8-4-3-7-17(18)23-10-13-24-14-11-23;/h1-2,5-6,17-18H,3-4,7-14H2;1H/t17-,18-;/m1./s1. The minimum atomic E-state index is -4.31. The Hall–Kier alpha value is -0.820. The molecular formula is C19H27ClF3NO2. The predicted octanol–water partition coefficient (Wildman–Crippen LogP) is 4.33. The Morgan fingerprint density at radius 3 is 2.50 bits per heavy atom. The molecule has 1 saturated carbocycles. The normalized spacial score (nSPS) is 24.9. The van der Waals surface area contributed by atoms with Crippen molar-refractivity contribution in [2.75, 3.05) is 32.9 Å². The zero-order valence-electron chi connectivity index (χ0n) is 14.8. The lowest BCUT2D eigenvalue weighted by Gasteiger charge is -2.41. The molecule has 0 amide bonds. The summed E-state index contributed by atoms with van der Waals surface area (Å²) in [5.74, 6) is 0. The van der Waals surface area contributed by atoms with Crippen LogP contribution in [0.1, 0.15) is 36.8 Å². The maximum atomic E-state index is 13.1. The van der Waals surface area contributed by atoms with E-state index in [0.29, 0.717) is 24.6 Å². The van der Waals surface area contributed by atoms with E-state index in [4.69, 9.17) is 9.47 Å². The van der Waals surface area contributed by atoms with Crippen molar-refractivity contribution in [3.63, 3.8) is 0 Å². The topological polar surface area (TPSA) is 21.7 Å². The molecule has 1 saturated heterocycles. The Morgan fingerprint density at radius 1 is 1.08 bits per heavy atom. The van der Waals surface area contributed by atoms with Crippen LogP contribution in [0.15, 0.2) is 24.3 Å². The third kappa shape index (κ3) is 5.59. The van der Waals surface area contributed by atoms with Crippen LogP contribution in [0.5, 0.6) is 0 Å². The Balaban J connectivity index is 0.00000243. The highest BCUT2D eigenvalue weighted by molar-refractivity contribution is 5.85. The molecular weight excluding hydrogens is 367 g/mol. The van der Waals surface area contributed by atoms with Gasteiger partial charge in [0, 0.05) is 19.1 Å². The van der Waals surface area contributed by atoms with E-state index in [1.54, 1.807) is 12.1 Å². The van der Waals surface area contributed by atoms with Gasteiger partial charge in [-0.05, 0) is 30.9 Å². The van der Waals surface area contributed by atoms with E-state index < -0.39 is 11.7 Å². The SMILES string of the molecule is Cl.FC(F)(F)c1ccccc1CCO[C@@H]1CCCC[C@H]1N1CCOCC1. The monoisotopic (exact) mass is 393 g/mol. The number of alkyl halides is 3. The third-order valence-electron chi connectivity index (χ3n) is 5.21. The number of ether oxygens (including phenoxy) is 2. The van der Waals surface area contributed by atoms with Gasteiger partial charge in [-0.1, -0.05) is 31.0 Å². The first-order chi connectivity index (χ1) is 12.1. The van der Waals surface area contributed by atoms with E-state index >= 15 is 0 Å². The van der Waals surface area contributed by atoms with Crippen molar-refractivity contribution in [2.45, 2.75) is 50.4 Å². The molecule has 0 spiro atoms. The number of morpholine rings is 1. The fourth-order valence-corrected chi connectivity index (χ4v) is 3.93. The number of halogens is 4. The van der Waals surface area contributed by atoms with Crippen molar-refractivity contribution in [1.82, 2.24) is 4.90 Å². The highest BCUT2D eigenvalue weighted by Crippen LogP contribution is 2.32. The average molecular weight is 394 g/mol. The number of hydrogen-bond donors (Lipinski definition) is 0. The summed E-state index contributed by atoms with van der Waals surface area (Å²) < 4.78 is 50.7. The smallest absolute Gasteiger partial charge is 0.379 e. The lowest BCUT2D eigenvalue weighted by molar-refractivity contribution is -0.138. The van der Waals surface area contributed by atoms with Crippen molar-refractivity contribution >= 4 is 12.4 Å². The summed E-state index contributed by atoms with van der Waals surface area (Å²) in [6, 6.07) is 6.15. The average Bonchev–Trinajstić information content (AvgIpc) is 2.62. The molecule has 3 rings (SSSR count). The second kappa shape index (κ2) is 9.93. The Bertz CT molecular complexity index is 550. The molecule has 3 nitrogen and oxygen atoms in total. The van der Waals surface area contributed by atoms with Crippen LogP contribution in [0.4, 0.5) is 13.2 Å². The van der Waals surface area contributed by atoms with Gasteiger partial charge in [0.1, 0.15) is 0 Å². The van der Waals surface area contributed by atoms with Gasteiger partial charge in [-0.3, -0.25) is 4.90 Å². The summed E-state index contributed by atoms with van der Waals surface area (Å²) in [5, 5.41) is 0. The van der Waals surface area contributed by atoms with Gasteiger partial charge in [0.25, 0.3) is 0 Å². The van der Waals surface area contributed by atoms with Crippen LogP contribution in [0.3, 0.4) is 0 Å². The Morgan fingerprint density at radius 2 is 1.77 bits per heavy atom. The van der Waals surface area contributed by atoms with Crippen LogP contribution in [-0.2, 0) is 22.1 Å². The number of benzene rings is 1. The minimum Gasteiger partial charge on any atom is -0.379 e. The van der Waals surface area contributed by atoms with Crippen molar-refractivity contribution in [3.05, 3.63) is 35.4 Å². The van der Waals surface area contributed by atoms with Crippen LogP contribution in [0, 0.1) is 0 Å². The summed E-state index contributed by atoms with van der Waals surface area (Å²) in [4.78, 5) is 2.43. The molecule has 1 aromatic carbocycles. The van der Waals surface area contributed by atoms with Gasteiger partial charge >= 0.3 is 6.18 Å². The summed E-state index contributed by atoms with van der Waals surface area (Å²) >= 11 is 0. The molecule has 26 heavy (non-hydrogen) atoms. The van der Waals surface area contributed by atoms with E-state index in [-0.39, 0.29) is 18.5 Å². The molecule has 148 valence electrons. The molecule has 0 radical (unpaired) electrons. The highest BCUT2D eigenvalue weighted by atomic mass is 35.5. The molecule has 1 aliphatic heterocycles. The molecule has 0 bridgehead atoms. The lowest BCUT2D eigenvalue weighted by atomic mass is 9.91. The van der Waals surface area contributed by atoms with Gasteiger partial charge in [0.05, 0.1) is 31.5 Å². The highest BCUT2D eigenvalue weighted by Gasteiger charge is 2.34. The Kier molecular flexibility index (Phi) is 8.20. The summed E-state index contributed by atoms with van der Waals surface area (Å²) in [6.07, 6.45) is 0.514. The molecule has 1 aliphatic carbocycles. The minimum absolute atomic E-state index is 0. The van der Waals surface area contributed by atoms with Crippen LogP contribution in [0.25, 0.3) is 0 Å². The van der Waals surface area contributed by atoms with Gasteiger partial charge in [-0.25, -0.2) is 0 Å². The molecule has 2 atom stereocenters. The molecule has 0 unspecified atom stereocenters. The van der Waals surface area contributed by atoms with Crippen LogP contribution in [0.2, 0.25) is 0 Å². The molecule has 2 fully saturated rings. The van der Waals surface area contributed by atoms with E-state index in [9.17, 15) is 13.2 Å². The largest absolute Gasteiger partial charge is 0.416 e. The molecule has 2 aliphatic rings. The van der Waals surface area contributed by atoms with Gasteiger partial charge < -0.3 is 9.47 Å². The zero-order chi connectivity index (χ0) is 17.7. The maximum absolute atomic E-state index is 13.1. The first-order valence-electron chi connectivity index (χ1n) is 9.14. The second-order valence-electron chi connectivity index (χ2n) is 6.81. The van der Waals surface area contributed by atoms with Gasteiger partial charge in [0.2, 0.25) is 0 Å². The molecule has 7 heteroatoms.